The number of amides is 4. The Labute approximate surface area is 226 Å². The van der Waals surface area contributed by atoms with Crippen LogP contribution in [0, 0.1) is 0 Å². The van der Waals surface area contributed by atoms with E-state index in [1.54, 1.807) is 31.2 Å². The minimum absolute atomic E-state index is 0.0416. The Balaban J connectivity index is 1.65. The molecule has 3 aromatic rings. The maximum absolute atomic E-state index is 13.1. The van der Waals surface area contributed by atoms with Gasteiger partial charge in [-0.3, -0.25) is 14.9 Å². The first-order valence-electron chi connectivity index (χ1n) is 10.9. The van der Waals surface area contributed by atoms with Crippen molar-refractivity contribution in [3.63, 3.8) is 0 Å². The SMILES string of the molecule is CCOc1cc(C=C2C(=O)NC(=O)N(c3ccc(O)cc3)C2=O)cc(Cl)c1OCc1ccc(Cl)c(Cl)c1. The minimum Gasteiger partial charge on any atom is -0.508 e. The molecule has 2 N–H and O–H groups in total. The lowest BCUT2D eigenvalue weighted by molar-refractivity contribution is -0.122. The molecule has 0 radical (unpaired) electrons. The van der Waals surface area contributed by atoms with Crippen molar-refractivity contribution >= 4 is 64.4 Å². The van der Waals surface area contributed by atoms with E-state index in [1.807, 2.05) is 0 Å². The Morgan fingerprint density at radius 3 is 2.32 bits per heavy atom. The van der Waals surface area contributed by atoms with Crippen LogP contribution in [-0.2, 0) is 16.2 Å². The van der Waals surface area contributed by atoms with Crippen LogP contribution >= 0.6 is 34.8 Å². The Kier molecular flexibility index (Phi) is 7.92. The van der Waals surface area contributed by atoms with Crippen LogP contribution in [0.25, 0.3) is 6.08 Å². The van der Waals surface area contributed by atoms with Crippen LogP contribution in [-0.4, -0.2) is 29.6 Å². The third-order valence-electron chi connectivity index (χ3n) is 5.22. The zero-order chi connectivity index (χ0) is 26.7. The number of nitrogens with one attached hydrogen (secondary N) is 1. The number of anilines is 1. The number of hydrogen-bond acceptors (Lipinski definition) is 6. The van der Waals surface area contributed by atoms with E-state index in [0.717, 1.165) is 10.5 Å². The second-order valence-electron chi connectivity index (χ2n) is 7.77. The number of phenolic OH excluding ortho intramolecular Hbond substituents is 1. The predicted molar refractivity (Wildman–Crippen MR) is 141 cm³/mol. The smallest absolute Gasteiger partial charge is 0.335 e. The number of nitrogens with zero attached hydrogens (tertiary/aromatic N) is 1. The summed E-state index contributed by atoms with van der Waals surface area (Å²) in [6, 6.07) is 12.6. The number of benzene rings is 3. The van der Waals surface area contributed by atoms with E-state index in [9.17, 15) is 19.5 Å². The van der Waals surface area contributed by atoms with E-state index in [0.29, 0.717) is 22.2 Å². The molecule has 1 fully saturated rings. The average Bonchev–Trinajstić information content (AvgIpc) is 2.84. The van der Waals surface area contributed by atoms with Crippen LogP contribution in [0.5, 0.6) is 17.2 Å². The van der Waals surface area contributed by atoms with Crippen LogP contribution in [0.2, 0.25) is 15.1 Å². The second kappa shape index (κ2) is 11.1. The van der Waals surface area contributed by atoms with Crippen LogP contribution in [0.3, 0.4) is 0 Å². The van der Waals surface area contributed by atoms with Gasteiger partial charge in [0, 0.05) is 0 Å². The number of rotatable bonds is 7. The lowest BCUT2D eigenvalue weighted by Crippen LogP contribution is -2.54. The molecule has 0 aromatic heterocycles. The second-order valence-corrected chi connectivity index (χ2v) is 9.00. The van der Waals surface area contributed by atoms with Gasteiger partial charge in [0.25, 0.3) is 11.8 Å². The van der Waals surface area contributed by atoms with Gasteiger partial charge in [0.1, 0.15) is 17.9 Å². The first-order chi connectivity index (χ1) is 17.7. The lowest BCUT2D eigenvalue weighted by atomic mass is 10.1. The maximum atomic E-state index is 13.1. The molecule has 1 aliphatic rings. The molecule has 190 valence electrons. The van der Waals surface area contributed by atoms with Crippen LogP contribution < -0.4 is 19.7 Å². The zero-order valence-corrected chi connectivity index (χ0v) is 21.5. The van der Waals surface area contributed by atoms with Crippen molar-refractivity contribution in [1.82, 2.24) is 5.32 Å². The van der Waals surface area contributed by atoms with Gasteiger partial charge >= 0.3 is 6.03 Å². The standard InChI is InChI=1S/C26H19Cl3N2O6/c1-2-36-22-12-15(11-21(29)23(22)37-13-14-3-8-19(27)20(28)10-14)9-18-24(33)30-26(35)31(25(18)34)16-4-6-17(32)7-5-16/h3-12,32H,2,13H2,1H3,(H,30,33,35). The quantitative estimate of drug-likeness (QED) is 0.271. The topological polar surface area (TPSA) is 105 Å². The van der Waals surface area contributed by atoms with Gasteiger partial charge in [-0.25, -0.2) is 9.69 Å². The summed E-state index contributed by atoms with van der Waals surface area (Å²) in [5, 5.41) is 12.6. The van der Waals surface area contributed by atoms with Gasteiger partial charge in [0.15, 0.2) is 11.5 Å². The highest BCUT2D eigenvalue weighted by atomic mass is 35.5. The molecule has 1 saturated heterocycles. The molecule has 4 rings (SSSR count). The number of urea groups is 1. The van der Waals surface area contributed by atoms with E-state index in [-0.39, 0.29) is 40.1 Å². The van der Waals surface area contributed by atoms with Gasteiger partial charge < -0.3 is 14.6 Å². The lowest BCUT2D eigenvalue weighted by Gasteiger charge is -2.26. The molecule has 4 amide bonds. The van der Waals surface area contributed by atoms with E-state index in [4.69, 9.17) is 44.3 Å². The number of barbiturate groups is 1. The van der Waals surface area contributed by atoms with Gasteiger partial charge in [-0.1, -0.05) is 40.9 Å². The Hall–Kier alpha value is -3.72. The van der Waals surface area contributed by atoms with Gasteiger partial charge in [-0.2, -0.15) is 0 Å². The number of phenols is 1. The van der Waals surface area contributed by atoms with Gasteiger partial charge in [-0.15, -0.1) is 0 Å². The summed E-state index contributed by atoms with van der Waals surface area (Å²) in [7, 11) is 0. The van der Waals surface area contributed by atoms with Crippen LogP contribution in [0.15, 0.2) is 60.2 Å². The molecule has 37 heavy (non-hydrogen) atoms. The van der Waals surface area contributed by atoms with Crippen molar-refractivity contribution in [2.24, 2.45) is 0 Å². The number of halogens is 3. The number of aromatic hydroxyl groups is 1. The van der Waals surface area contributed by atoms with Crippen LogP contribution in [0.4, 0.5) is 10.5 Å². The Bertz CT molecular complexity index is 1420. The number of carbonyl (C=O) groups is 3. The van der Waals surface area contributed by atoms with Gasteiger partial charge in [-0.05, 0) is 72.7 Å². The molecule has 1 heterocycles. The van der Waals surface area contributed by atoms with Crippen molar-refractivity contribution in [1.29, 1.82) is 0 Å². The molecule has 0 saturated carbocycles. The summed E-state index contributed by atoms with van der Waals surface area (Å²) < 4.78 is 11.6. The van der Waals surface area contributed by atoms with Crippen molar-refractivity contribution in [2.75, 3.05) is 11.5 Å². The fourth-order valence-corrected chi connectivity index (χ4v) is 4.11. The average molecular weight is 562 g/mol. The minimum atomic E-state index is -0.906. The normalized spacial score (nSPS) is 14.6. The molecule has 8 nitrogen and oxygen atoms in total. The van der Waals surface area contributed by atoms with E-state index in [2.05, 4.69) is 5.32 Å². The molecule has 0 aliphatic carbocycles. The first-order valence-corrected chi connectivity index (χ1v) is 12.0. The summed E-state index contributed by atoms with van der Waals surface area (Å²) in [5.74, 6) is -1.19. The molecular weight excluding hydrogens is 543 g/mol. The van der Waals surface area contributed by atoms with E-state index in [1.165, 1.54) is 36.4 Å². The molecule has 1 aliphatic heterocycles. The third-order valence-corrected chi connectivity index (χ3v) is 6.24. The zero-order valence-electron chi connectivity index (χ0n) is 19.3. The number of carbonyl (C=O) groups excluding carboxylic acids is 3. The Morgan fingerprint density at radius 2 is 1.65 bits per heavy atom. The molecule has 0 bridgehead atoms. The number of imide groups is 2. The number of ether oxygens (including phenoxy) is 2. The highest BCUT2D eigenvalue weighted by Crippen LogP contribution is 2.38. The largest absolute Gasteiger partial charge is 0.508 e. The summed E-state index contributed by atoms with van der Waals surface area (Å²) in [4.78, 5) is 38.8. The predicted octanol–water partition coefficient (Wildman–Crippen LogP) is 6.00. The van der Waals surface area contributed by atoms with E-state index < -0.39 is 17.8 Å². The summed E-state index contributed by atoms with van der Waals surface area (Å²) >= 11 is 18.5. The van der Waals surface area contributed by atoms with Gasteiger partial charge in [0.2, 0.25) is 0 Å². The fraction of sp³-hybridized carbons (Fsp3) is 0.115. The van der Waals surface area contributed by atoms with E-state index >= 15 is 0 Å². The monoisotopic (exact) mass is 560 g/mol. The maximum Gasteiger partial charge on any atom is 0.335 e. The van der Waals surface area contributed by atoms with Crippen molar-refractivity contribution in [3.05, 3.63) is 86.4 Å². The molecule has 0 atom stereocenters. The first kappa shape index (κ1) is 26.3. The highest BCUT2D eigenvalue weighted by molar-refractivity contribution is 6.42. The number of hydrogen-bond donors (Lipinski definition) is 2. The highest BCUT2D eigenvalue weighted by Gasteiger charge is 2.36. The summed E-state index contributed by atoms with van der Waals surface area (Å²) in [6.45, 7) is 2.20. The van der Waals surface area contributed by atoms with Crippen molar-refractivity contribution in [3.8, 4) is 17.2 Å². The molecule has 0 unspecified atom stereocenters. The third kappa shape index (κ3) is 5.83. The summed E-state index contributed by atoms with van der Waals surface area (Å²) in [5.41, 5.74) is 1.00. The molecular formula is C26H19Cl3N2O6. The fourth-order valence-electron chi connectivity index (χ4n) is 3.52. The van der Waals surface area contributed by atoms with Crippen molar-refractivity contribution < 1.29 is 29.0 Å². The molecule has 3 aromatic carbocycles. The van der Waals surface area contributed by atoms with Gasteiger partial charge in [0.05, 0.1) is 27.4 Å². The molecule has 0 spiro atoms. The summed E-state index contributed by atoms with van der Waals surface area (Å²) in [6.07, 6.45) is 1.30. The molecule has 11 heteroatoms. The Morgan fingerprint density at radius 1 is 0.919 bits per heavy atom. The van der Waals surface area contributed by atoms with Crippen molar-refractivity contribution in [2.45, 2.75) is 13.5 Å². The van der Waals surface area contributed by atoms with Crippen LogP contribution in [0.1, 0.15) is 18.1 Å².